The highest BCUT2D eigenvalue weighted by molar-refractivity contribution is 5.80. The van der Waals surface area contributed by atoms with E-state index in [9.17, 15) is 25.2 Å². The van der Waals surface area contributed by atoms with Crippen LogP contribution in [0.25, 0.3) is 0 Å². The number of likely N-dealkylation sites (N-methyl/N-ethyl adjacent to an activating group) is 1. The minimum absolute atomic E-state index is 0.117. The summed E-state index contributed by atoms with van der Waals surface area (Å²) in [6.45, 7) is 17.7. The van der Waals surface area contributed by atoms with Crippen LogP contribution in [0.2, 0.25) is 0 Å². The van der Waals surface area contributed by atoms with Crippen molar-refractivity contribution in [3.05, 3.63) is 0 Å². The Labute approximate surface area is 304 Å². The molecule has 0 aliphatic carbocycles. The summed E-state index contributed by atoms with van der Waals surface area (Å²) in [7, 11) is 5.28. The molecule has 18 atom stereocenters. The van der Waals surface area contributed by atoms with Gasteiger partial charge in [-0.1, -0.05) is 20.8 Å². The first kappa shape index (κ1) is 42.3. The molecule has 14 nitrogen and oxygen atoms in total. The number of aliphatic hydroxyl groups is 4. The number of methoxy groups -OCH3 is 1. The second-order valence-corrected chi connectivity index (χ2v) is 16.6. The maximum atomic E-state index is 14.2. The third-order valence-corrected chi connectivity index (χ3v) is 11.8. The van der Waals surface area contributed by atoms with E-state index in [-0.39, 0.29) is 25.0 Å². The maximum absolute atomic E-state index is 14.2. The van der Waals surface area contributed by atoms with Crippen molar-refractivity contribution in [3.63, 3.8) is 0 Å². The van der Waals surface area contributed by atoms with Gasteiger partial charge >= 0.3 is 5.97 Å². The van der Waals surface area contributed by atoms with Crippen molar-refractivity contribution in [2.75, 3.05) is 21.2 Å². The van der Waals surface area contributed by atoms with Gasteiger partial charge in [0.2, 0.25) is 0 Å². The lowest BCUT2D eigenvalue weighted by molar-refractivity contribution is -0.318. The Kier molecular flexibility index (Phi) is 13.4. The molecular weight excluding hydrogens is 664 g/mol. The smallest absolute Gasteiger partial charge is 0.311 e. The van der Waals surface area contributed by atoms with Gasteiger partial charge in [-0.3, -0.25) is 4.79 Å². The molecule has 3 fully saturated rings. The summed E-state index contributed by atoms with van der Waals surface area (Å²) in [4.78, 5) is 20.9. The zero-order chi connectivity index (χ0) is 38.4. The van der Waals surface area contributed by atoms with Gasteiger partial charge in [0.25, 0.3) is 0 Å². The summed E-state index contributed by atoms with van der Waals surface area (Å²) >= 11 is 0. The Hall–Kier alpha value is -1.46. The van der Waals surface area contributed by atoms with Crippen LogP contribution in [0, 0.1) is 17.8 Å². The molecule has 51 heavy (non-hydrogen) atoms. The first-order valence-electron chi connectivity index (χ1n) is 18.7. The van der Waals surface area contributed by atoms with Gasteiger partial charge in [0.15, 0.2) is 24.6 Å². The largest absolute Gasteiger partial charge is 0.472 e. The Bertz CT molecular complexity index is 1220. The highest BCUT2D eigenvalue weighted by Gasteiger charge is 2.54. The molecule has 2 bridgehead atoms. The zero-order valence-corrected chi connectivity index (χ0v) is 32.9. The van der Waals surface area contributed by atoms with Crippen LogP contribution in [0.3, 0.4) is 0 Å². The summed E-state index contributed by atoms with van der Waals surface area (Å²) in [6, 6.07) is -0.725. The Morgan fingerprint density at radius 2 is 1.61 bits per heavy atom. The summed E-state index contributed by atoms with van der Waals surface area (Å²) in [6.07, 6.45) is -7.58. The predicted octanol–water partition coefficient (Wildman–Crippen LogP) is 2.41. The maximum Gasteiger partial charge on any atom is 0.311 e. The zero-order valence-electron chi connectivity index (χ0n) is 32.9. The van der Waals surface area contributed by atoms with Gasteiger partial charge in [-0.05, 0) is 81.8 Å². The summed E-state index contributed by atoms with van der Waals surface area (Å²) in [5.74, 6) is -2.40. The molecule has 296 valence electrons. The number of cyclic esters (lactones) is 1. The molecular formula is C37H66N2O12. The number of ether oxygens (including phenoxy) is 7. The predicted molar refractivity (Wildman–Crippen MR) is 188 cm³/mol. The topological polar surface area (TPSA) is 178 Å². The quantitative estimate of drug-likeness (QED) is 0.281. The fourth-order valence-corrected chi connectivity index (χ4v) is 8.66. The lowest BCUT2D eigenvalue weighted by Gasteiger charge is -2.49. The summed E-state index contributed by atoms with van der Waals surface area (Å²) in [5, 5.41) is 46.8. The minimum Gasteiger partial charge on any atom is -0.472 e. The van der Waals surface area contributed by atoms with Gasteiger partial charge in [-0.2, -0.15) is 0 Å². The number of hydrogen-bond donors (Lipinski definition) is 4. The van der Waals surface area contributed by atoms with Crippen LogP contribution < -0.4 is 0 Å². The van der Waals surface area contributed by atoms with Crippen molar-refractivity contribution in [1.82, 2.24) is 4.90 Å². The molecule has 0 aromatic rings. The molecule has 4 heterocycles. The molecule has 0 aromatic carbocycles. The van der Waals surface area contributed by atoms with Gasteiger partial charge in [0, 0.05) is 31.4 Å². The fraction of sp³-hybridized carbons (Fsp3) is 0.946. The molecule has 0 spiro atoms. The SMILES string of the molecule is CC[C@H]1OC(=O)[C@H](C)[C@@H](O[C@H]2C[C@@](C)(OC)[C@@H](O)[C@H](C)O2)[C@H](C)[C@@H](O[C@@H]2O[C@H](C)C[C@H](N(C)C)[C@H]2O)[C@](C)(O)C[C@@H](C)C2=N[C@H](C)[C@@H](O2)[C@]1(C)O. The normalized spacial score (nSPS) is 50.3. The van der Waals surface area contributed by atoms with Crippen molar-refractivity contribution in [2.24, 2.45) is 22.7 Å². The van der Waals surface area contributed by atoms with Crippen LogP contribution in [0.5, 0.6) is 0 Å². The Morgan fingerprint density at radius 1 is 0.961 bits per heavy atom. The molecule has 4 aliphatic rings. The van der Waals surface area contributed by atoms with Gasteiger partial charge in [0.1, 0.15) is 23.9 Å². The molecule has 0 unspecified atom stereocenters. The molecule has 3 saturated heterocycles. The highest BCUT2D eigenvalue weighted by atomic mass is 16.7. The number of nitrogens with zero attached hydrogens (tertiary/aromatic N) is 2. The number of esters is 1. The average Bonchev–Trinajstić information content (AvgIpc) is 3.46. The highest BCUT2D eigenvalue weighted by Crippen LogP contribution is 2.41. The van der Waals surface area contributed by atoms with Gasteiger partial charge in [-0.15, -0.1) is 0 Å². The van der Waals surface area contributed by atoms with Crippen LogP contribution in [0.4, 0.5) is 0 Å². The molecule has 4 aliphatic heterocycles. The van der Waals surface area contributed by atoms with E-state index >= 15 is 0 Å². The minimum atomic E-state index is -1.62. The molecule has 0 saturated carbocycles. The fourth-order valence-electron chi connectivity index (χ4n) is 8.66. The first-order valence-corrected chi connectivity index (χ1v) is 18.7. The Balaban J connectivity index is 1.82. The van der Waals surface area contributed by atoms with E-state index in [0.29, 0.717) is 18.7 Å². The molecule has 0 aromatic heterocycles. The van der Waals surface area contributed by atoms with E-state index in [2.05, 4.69) is 0 Å². The first-order chi connectivity index (χ1) is 23.6. The van der Waals surface area contributed by atoms with Crippen molar-refractivity contribution < 1.29 is 58.4 Å². The van der Waals surface area contributed by atoms with Crippen molar-refractivity contribution in [2.45, 2.75) is 185 Å². The van der Waals surface area contributed by atoms with Crippen LogP contribution in [-0.4, -0.2) is 149 Å². The van der Waals surface area contributed by atoms with E-state index in [1.165, 1.54) is 7.11 Å². The van der Waals surface area contributed by atoms with Crippen LogP contribution >= 0.6 is 0 Å². The number of carbonyl (C=O) groups excluding carboxylic acids is 1. The number of hydrogen-bond acceptors (Lipinski definition) is 14. The number of fused-ring (bicyclic) bond motifs is 2. The Morgan fingerprint density at radius 3 is 2.20 bits per heavy atom. The standard InChI is InChI=1S/C37H66N2O12/c1-14-25-37(10,44)31-22(6)38-32(50-31)18(2)16-35(8,43)30(51-34-27(40)24(39(11)12)15-19(3)46-34)20(4)28(21(5)33(42)48-25)49-26-17-36(9,45-13)29(41)23(7)47-26/h18-31,34,40-41,43-44H,14-17H2,1-13H3/t18-,19-,20+,21-,22-,23+,24+,25-,26+,27-,28+,29+,30-,31-,34+,35-,36-,37-/m1/s1. The average molecular weight is 731 g/mol. The third kappa shape index (κ3) is 8.76. The van der Waals surface area contributed by atoms with Crippen LogP contribution in [-0.2, 0) is 38.0 Å². The monoisotopic (exact) mass is 730 g/mol. The molecule has 0 amide bonds. The van der Waals surface area contributed by atoms with Crippen molar-refractivity contribution in [1.29, 1.82) is 0 Å². The van der Waals surface area contributed by atoms with E-state index in [4.69, 9.17) is 38.2 Å². The number of aliphatic hydroxyl groups excluding tert-OH is 2. The van der Waals surface area contributed by atoms with Crippen molar-refractivity contribution >= 4 is 11.9 Å². The van der Waals surface area contributed by atoms with Crippen LogP contribution in [0.15, 0.2) is 4.99 Å². The summed E-state index contributed by atoms with van der Waals surface area (Å²) < 4.78 is 43.9. The van der Waals surface area contributed by atoms with Crippen molar-refractivity contribution in [3.8, 4) is 0 Å². The molecule has 14 heteroatoms. The van der Waals surface area contributed by atoms with E-state index in [1.54, 1.807) is 34.6 Å². The van der Waals surface area contributed by atoms with Gasteiger partial charge in [-0.25, -0.2) is 4.99 Å². The third-order valence-electron chi connectivity index (χ3n) is 11.8. The molecule has 0 radical (unpaired) electrons. The van der Waals surface area contributed by atoms with Gasteiger partial charge < -0.3 is 58.5 Å². The second kappa shape index (κ2) is 16.1. The lowest BCUT2D eigenvalue weighted by Crippen LogP contribution is -2.61. The van der Waals surface area contributed by atoms with E-state index in [0.717, 1.165) is 0 Å². The summed E-state index contributed by atoms with van der Waals surface area (Å²) in [5.41, 5.74) is -4.22. The number of carbonyl (C=O) groups is 1. The molecule has 4 rings (SSSR count). The number of aliphatic imine (C=N–C) groups is 1. The molecule has 4 N–H and O–H groups in total. The number of rotatable bonds is 7. The van der Waals surface area contributed by atoms with E-state index < -0.39 is 102 Å². The van der Waals surface area contributed by atoms with Gasteiger partial charge in [0.05, 0.1) is 47.6 Å². The second-order valence-electron chi connectivity index (χ2n) is 16.6. The lowest BCUT2D eigenvalue weighted by atomic mass is 9.77. The van der Waals surface area contributed by atoms with E-state index in [1.807, 2.05) is 53.6 Å². The van der Waals surface area contributed by atoms with Crippen LogP contribution in [0.1, 0.15) is 94.9 Å².